The molecule has 0 atom stereocenters. The number of aromatic nitrogens is 1. The number of benzene rings is 1. The molecule has 2 heterocycles. The highest BCUT2D eigenvalue weighted by Gasteiger charge is 2.21. The Balaban J connectivity index is 1.70. The molecule has 0 spiro atoms. The van der Waals surface area contributed by atoms with Gasteiger partial charge in [-0.15, -0.1) is 0 Å². The van der Waals surface area contributed by atoms with E-state index >= 15 is 0 Å². The molecule has 1 aromatic heterocycles. The maximum atomic E-state index is 12.6. The van der Waals surface area contributed by atoms with E-state index in [1.807, 2.05) is 24.3 Å². The number of halogens is 2. The average molecular weight is 369 g/mol. The molecule has 27 heavy (non-hydrogen) atoms. The molecular weight excluding hydrogens is 348 g/mol. The average Bonchev–Trinajstić information content (AvgIpc) is 3.04. The van der Waals surface area contributed by atoms with Crippen LogP contribution in [0.2, 0.25) is 0 Å². The number of hydrogen-bond donors (Lipinski definition) is 3. The van der Waals surface area contributed by atoms with E-state index in [1.54, 1.807) is 29.6 Å². The summed E-state index contributed by atoms with van der Waals surface area (Å²) < 4.78 is 25.1. The molecule has 4 N–H and O–H groups in total. The Hall–Kier alpha value is -3.06. The molecule has 7 heteroatoms. The van der Waals surface area contributed by atoms with Gasteiger partial charge in [-0.2, -0.15) is 0 Å². The predicted molar refractivity (Wildman–Crippen MR) is 104 cm³/mol. The van der Waals surface area contributed by atoms with Crippen LogP contribution in [0.1, 0.15) is 22.3 Å². The monoisotopic (exact) mass is 369 g/mol. The van der Waals surface area contributed by atoms with E-state index in [9.17, 15) is 8.78 Å². The van der Waals surface area contributed by atoms with Gasteiger partial charge in [-0.1, -0.05) is 6.07 Å². The molecule has 0 fully saturated rings. The van der Waals surface area contributed by atoms with Crippen molar-refractivity contribution in [2.24, 2.45) is 5.73 Å². The normalized spacial score (nSPS) is 14.7. The fraction of sp³-hybridized carbons (Fsp3) is 0.200. The highest BCUT2D eigenvalue weighted by molar-refractivity contribution is 6.09. The minimum Gasteiger partial charge on any atom is -0.404 e. The summed E-state index contributed by atoms with van der Waals surface area (Å²) in [4.78, 5) is 5.86. The first kappa shape index (κ1) is 18.7. The van der Waals surface area contributed by atoms with Gasteiger partial charge >= 0.3 is 0 Å². The zero-order valence-corrected chi connectivity index (χ0v) is 14.7. The Kier molecular flexibility index (Phi) is 5.93. The summed E-state index contributed by atoms with van der Waals surface area (Å²) in [5.41, 5.74) is 10.9. The minimum atomic E-state index is -2.32. The summed E-state index contributed by atoms with van der Waals surface area (Å²) in [6.45, 7) is 0.896. The zero-order chi connectivity index (χ0) is 19.2. The number of allylic oxidation sites excluding steroid dienone is 1. The van der Waals surface area contributed by atoms with Crippen LogP contribution in [0.4, 0.5) is 14.5 Å². The van der Waals surface area contributed by atoms with Crippen LogP contribution in [0.3, 0.4) is 0 Å². The van der Waals surface area contributed by atoms with E-state index in [0.717, 1.165) is 27.9 Å². The lowest BCUT2D eigenvalue weighted by Crippen LogP contribution is -2.22. The van der Waals surface area contributed by atoms with Crippen molar-refractivity contribution < 1.29 is 8.78 Å². The molecule has 3 rings (SSSR count). The number of nitrogens with zero attached hydrogens (tertiary/aromatic N) is 2. The highest BCUT2D eigenvalue weighted by Crippen LogP contribution is 2.26. The van der Waals surface area contributed by atoms with Crippen LogP contribution in [-0.2, 0) is 13.1 Å². The molecule has 0 radical (unpaired) electrons. The predicted octanol–water partition coefficient (Wildman–Crippen LogP) is 3.69. The highest BCUT2D eigenvalue weighted by atomic mass is 19.3. The summed E-state index contributed by atoms with van der Waals surface area (Å²) in [5.74, 6) is 0. The van der Waals surface area contributed by atoms with Crippen molar-refractivity contribution in [2.75, 3.05) is 11.9 Å². The minimum absolute atomic E-state index is 0.203. The van der Waals surface area contributed by atoms with Crippen LogP contribution in [0, 0.1) is 5.41 Å². The molecule has 0 aliphatic carbocycles. The van der Waals surface area contributed by atoms with Gasteiger partial charge in [0.1, 0.15) is 0 Å². The summed E-state index contributed by atoms with van der Waals surface area (Å²) in [5, 5.41) is 10.6. The molecule has 0 bridgehead atoms. The van der Waals surface area contributed by atoms with Gasteiger partial charge in [-0.3, -0.25) is 9.88 Å². The van der Waals surface area contributed by atoms with Crippen LogP contribution in [0.5, 0.6) is 0 Å². The molecule has 1 aromatic carbocycles. The Bertz CT molecular complexity index is 876. The second-order valence-electron chi connectivity index (χ2n) is 6.25. The fourth-order valence-electron chi connectivity index (χ4n) is 3.12. The summed E-state index contributed by atoms with van der Waals surface area (Å²) >= 11 is 0. The molecular formula is C20H21F2N5. The SMILES string of the molecule is N=CC(=CN)c1ccncc1/C=C/Nc1ccc2c(c1)CN(CC(F)F)C2. The van der Waals surface area contributed by atoms with Crippen molar-refractivity contribution in [2.45, 2.75) is 19.5 Å². The largest absolute Gasteiger partial charge is 0.404 e. The van der Waals surface area contributed by atoms with Gasteiger partial charge in [0.2, 0.25) is 0 Å². The van der Waals surface area contributed by atoms with Crippen molar-refractivity contribution in [1.29, 1.82) is 5.41 Å². The number of nitrogens with one attached hydrogen (secondary N) is 2. The molecule has 0 amide bonds. The Morgan fingerprint density at radius 2 is 2.11 bits per heavy atom. The number of rotatable bonds is 7. The first-order chi connectivity index (χ1) is 13.1. The molecule has 1 aliphatic rings. The lowest BCUT2D eigenvalue weighted by Gasteiger charge is -2.12. The molecule has 0 saturated heterocycles. The summed E-state index contributed by atoms with van der Waals surface area (Å²) in [6.07, 6.45) is 7.26. The van der Waals surface area contributed by atoms with E-state index in [4.69, 9.17) is 11.1 Å². The fourth-order valence-corrected chi connectivity index (χ4v) is 3.12. The van der Waals surface area contributed by atoms with E-state index in [-0.39, 0.29) is 6.54 Å². The third-order valence-corrected chi connectivity index (χ3v) is 4.40. The van der Waals surface area contributed by atoms with E-state index in [0.29, 0.717) is 18.7 Å². The Morgan fingerprint density at radius 1 is 1.30 bits per heavy atom. The van der Waals surface area contributed by atoms with E-state index < -0.39 is 6.43 Å². The summed E-state index contributed by atoms with van der Waals surface area (Å²) in [6, 6.07) is 7.69. The lowest BCUT2D eigenvalue weighted by molar-refractivity contribution is 0.0873. The number of fused-ring (bicyclic) bond motifs is 1. The van der Waals surface area contributed by atoms with Gasteiger partial charge in [-0.05, 0) is 41.0 Å². The van der Waals surface area contributed by atoms with Gasteiger partial charge in [0.05, 0.1) is 6.54 Å². The first-order valence-electron chi connectivity index (χ1n) is 8.53. The maximum Gasteiger partial charge on any atom is 0.251 e. The topological polar surface area (TPSA) is 78.0 Å². The van der Waals surface area contributed by atoms with Crippen molar-refractivity contribution >= 4 is 23.6 Å². The molecule has 0 saturated carbocycles. The van der Waals surface area contributed by atoms with E-state index in [1.165, 1.54) is 12.4 Å². The molecule has 0 unspecified atom stereocenters. The lowest BCUT2D eigenvalue weighted by atomic mass is 10.0. The van der Waals surface area contributed by atoms with Crippen LogP contribution in [0.25, 0.3) is 11.6 Å². The van der Waals surface area contributed by atoms with Crippen LogP contribution < -0.4 is 11.1 Å². The maximum absolute atomic E-state index is 12.6. The van der Waals surface area contributed by atoms with Gasteiger partial charge in [0.25, 0.3) is 6.43 Å². The van der Waals surface area contributed by atoms with Crippen molar-refractivity contribution in [3.05, 3.63) is 71.3 Å². The molecule has 5 nitrogen and oxygen atoms in total. The second kappa shape index (κ2) is 8.55. The molecule has 140 valence electrons. The van der Waals surface area contributed by atoms with Crippen LogP contribution >= 0.6 is 0 Å². The number of nitrogens with two attached hydrogens (primary N) is 1. The number of hydrogen-bond acceptors (Lipinski definition) is 5. The number of anilines is 1. The van der Waals surface area contributed by atoms with Crippen molar-refractivity contribution in [3.63, 3.8) is 0 Å². The quantitative estimate of drug-likeness (QED) is 0.651. The standard InChI is InChI=1S/C20H21F2N5/c21-20(22)13-27-11-15-1-2-18(7-16(15)12-27)26-6-3-14-10-25-5-4-19(14)17(8-23)9-24/h1-10,20,23,26H,11-13,24H2/b6-3+,17-9?,23-8?. The Morgan fingerprint density at radius 3 is 2.85 bits per heavy atom. The summed E-state index contributed by atoms with van der Waals surface area (Å²) in [7, 11) is 0. The molecule has 1 aliphatic heterocycles. The Labute approximate surface area is 156 Å². The number of pyridine rings is 1. The van der Waals surface area contributed by atoms with Crippen molar-refractivity contribution in [3.8, 4) is 0 Å². The van der Waals surface area contributed by atoms with Crippen LogP contribution in [0.15, 0.2) is 49.1 Å². The first-order valence-corrected chi connectivity index (χ1v) is 8.53. The van der Waals surface area contributed by atoms with Gasteiger partial charge in [0.15, 0.2) is 0 Å². The van der Waals surface area contributed by atoms with Crippen molar-refractivity contribution in [1.82, 2.24) is 9.88 Å². The van der Waals surface area contributed by atoms with Gasteiger partial charge < -0.3 is 16.5 Å². The second-order valence-corrected chi connectivity index (χ2v) is 6.25. The van der Waals surface area contributed by atoms with Crippen LogP contribution in [-0.4, -0.2) is 29.1 Å². The number of alkyl halides is 2. The zero-order valence-electron chi connectivity index (χ0n) is 14.7. The van der Waals surface area contributed by atoms with Gasteiger partial charge in [0, 0.05) is 60.9 Å². The third-order valence-electron chi connectivity index (χ3n) is 4.40. The third kappa shape index (κ3) is 4.57. The van der Waals surface area contributed by atoms with Gasteiger partial charge in [-0.25, -0.2) is 8.78 Å². The molecule has 2 aromatic rings. The van der Waals surface area contributed by atoms with E-state index in [2.05, 4.69) is 10.3 Å². The smallest absolute Gasteiger partial charge is 0.251 e.